The van der Waals surface area contributed by atoms with Gasteiger partial charge in [-0.1, -0.05) is 0 Å². The summed E-state index contributed by atoms with van der Waals surface area (Å²) in [6.45, 7) is 2.49. The van der Waals surface area contributed by atoms with Crippen LogP contribution in [0.1, 0.15) is 6.42 Å². The van der Waals surface area contributed by atoms with Crippen LogP contribution in [-0.4, -0.2) is 71.7 Å². The first-order chi connectivity index (χ1) is 10.1. The van der Waals surface area contributed by atoms with Crippen molar-refractivity contribution in [2.45, 2.75) is 6.42 Å². The van der Waals surface area contributed by atoms with Crippen LogP contribution in [0.3, 0.4) is 0 Å². The fourth-order valence-electron chi connectivity index (χ4n) is 2.39. The van der Waals surface area contributed by atoms with E-state index in [2.05, 4.69) is 4.98 Å². The van der Waals surface area contributed by atoms with E-state index >= 15 is 0 Å². The number of hydrogen-bond acceptors (Lipinski definition) is 4. The summed E-state index contributed by atoms with van der Waals surface area (Å²) in [7, 11) is 1.72. The Balaban J connectivity index is 1.95. The van der Waals surface area contributed by atoms with E-state index < -0.39 is 5.97 Å². The lowest BCUT2D eigenvalue weighted by Gasteiger charge is -2.27. The Morgan fingerprint density at radius 1 is 1.33 bits per heavy atom. The van der Waals surface area contributed by atoms with Gasteiger partial charge in [-0.25, -0.2) is 4.79 Å². The van der Waals surface area contributed by atoms with E-state index in [9.17, 15) is 9.59 Å². The van der Waals surface area contributed by atoms with Crippen molar-refractivity contribution in [1.29, 1.82) is 0 Å². The minimum atomic E-state index is -0.831. The summed E-state index contributed by atoms with van der Waals surface area (Å²) in [6, 6.07) is 3.54. The monoisotopic (exact) mass is 292 g/mol. The molecule has 1 aliphatic rings. The quantitative estimate of drug-likeness (QED) is 0.888. The van der Waals surface area contributed by atoms with Crippen molar-refractivity contribution >= 4 is 17.7 Å². The highest BCUT2D eigenvalue weighted by Crippen LogP contribution is 2.13. The zero-order valence-corrected chi connectivity index (χ0v) is 12.1. The van der Waals surface area contributed by atoms with Gasteiger partial charge in [-0.3, -0.25) is 19.6 Å². The third kappa shape index (κ3) is 4.16. The van der Waals surface area contributed by atoms with Gasteiger partial charge in [0.25, 0.3) is 0 Å². The number of carbonyl (C=O) groups excluding carboxylic acids is 1. The van der Waals surface area contributed by atoms with Gasteiger partial charge >= 0.3 is 12.0 Å². The van der Waals surface area contributed by atoms with Crippen molar-refractivity contribution in [1.82, 2.24) is 14.8 Å². The number of aromatic nitrogens is 1. The van der Waals surface area contributed by atoms with E-state index in [1.807, 2.05) is 11.0 Å². The Hall–Kier alpha value is -2.15. The maximum Gasteiger partial charge on any atom is 0.324 e. The van der Waals surface area contributed by atoms with Crippen LogP contribution in [-0.2, 0) is 4.79 Å². The number of amides is 2. The zero-order valence-electron chi connectivity index (χ0n) is 12.1. The first-order valence-corrected chi connectivity index (χ1v) is 6.94. The lowest BCUT2D eigenvalue weighted by molar-refractivity contribution is -0.138. The fraction of sp³-hybridized carbons (Fsp3) is 0.500. The molecule has 2 heterocycles. The van der Waals surface area contributed by atoms with Crippen molar-refractivity contribution in [2.24, 2.45) is 0 Å². The molecular weight excluding hydrogens is 272 g/mol. The third-order valence-electron chi connectivity index (χ3n) is 3.54. The first kappa shape index (κ1) is 15.2. The van der Waals surface area contributed by atoms with Crippen LogP contribution in [0.2, 0.25) is 0 Å². The number of aliphatic carboxylic acids is 1. The average molecular weight is 292 g/mol. The molecule has 1 fully saturated rings. The zero-order chi connectivity index (χ0) is 15.2. The molecule has 2 rings (SSSR count). The average Bonchev–Trinajstić information content (AvgIpc) is 2.71. The lowest BCUT2D eigenvalue weighted by Crippen LogP contribution is -2.43. The number of nitrogens with zero attached hydrogens (tertiary/aromatic N) is 4. The van der Waals surface area contributed by atoms with Crippen LogP contribution in [0, 0.1) is 0 Å². The molecular formula is C14H20N4O3. The predicted molar refractivity (Wildman–Crippen MR) is 78.3 cm³/mol. The Morgan fingerprint density at radius 2 is 2.14 bits per heavy atom. The smallest absolute Gasteiger partial charge is 0.324 e. The van der Waals surface area contributed by atoms with E-state index in [-0.39, 0.29) is 12.6 Å². The number of rotatable bonds is 3. The largest absolute Gasteiger partial charge is 0.480 e. The minimum Gasteiger partial charge on any atom is -0.480 e. The summed E-state index contributed by atoms with van der Waals surface area (Å²) in [6.07, 6.45) is 4.09. The second-order valence-electron chi connectivity index (χ2n) is 5.06. The van der Waals surface area contributed by atoms with Gasteiger partial charge < -0.3 is 10.0 Å². The SMILES string of the molecule is CN(C(=O)N1CCCN(CC(=O)O)CC1)c1cccnc1. The van der Waals surface area contributed by atoms with Gasteiger partial charge in [0.15, 0.2) is 0 Å². The highest BCUT2D eigenvalue weighted by molar-refractivity contribution is 5.91. The molecule has 0 radical (unpaired) electrons. The van der Waals surface area contributed by atoms with Crippen LogP contribution in [0.15, 0.2) is 24.5 Å². The van der Waals surface area contributed by atoms with Crippen molar-refractivity contribution in [2.75, 3.05) is 44.7 Å². The number of carboxylic acid groups (broad SMARTS) is 1. The molecule has 0 unspecified atom stereocenters. The molecule has 0 aromatic carbocycles. The fourth-order valence-corrected chi connectivity index (χ4v) is 2.39. The molecule has 1 aromatic rings. The molecule has 0 bridgehead atoms. The van der Waals surface area contributed by atoms with Gasteiger partial charge in [-0.15, -0.1) is 0 Å². The van der Waals surface area contributed by atoms with Crippen LogP contribution in [0.4, 0.5) is 10.5 Å². The van der Waals surface area contributed by atoms with Gasteiger partial charge in [-0.05, 0) is 18.6 Å². The van der Waals surface area contributed by atoms with E-state index in [1.165, 1.54) is 0 Å². The van der Waals surface area contributed by atoms with Crippen LogP contribution in [0.25, 0.3) is 0 Å². The maximum absolute atomic E-state index is 12.5. The minimum absolute atomic E-state index is 0.0282. The topological polar surface area (TPSA) is 77.0 Å². The lowest BCUT2D eigenvalue weighted by atomic mass is 10.3. The summed E-state index contributed by atoms with van der Waals surface area (Å²) >= 11 is 0. The van der Waals surface area contributed by atoms with Crippen molar-refractivity contribution in [3.8, 4) is 0 Å². The van der Waals surface area contributed by atoms with Gasteiger partial charge in [0.05, 0.1) is 18.4 Å². The van der Waals surface area contributed by atoms with Crippen LogP contribution < -0.4 is 4.90 Å². The summed E-state index contributed by atoms with van der Waals surface area (Å²) in [5.41, 5.74) is 0.745. The molecule has 0 spiro atoms. The molecule has 0 aliphatic carbocycles. The third-order valence-corrected chi connectivity index (χ3v) is 3.54. The highest BCUT2D eigenvalue weighted by atomic mass is 16.4. The second-order valence-corrected chi connectivity index (χ2v) is 5.06. The molecule has 7 nitrogen and oxygen atoms in total. The summed E-state index contributed by atoms with van der Waals surface area (Å²) in [5.74, 6) is -0.831. The number of anilines is 1. The van der Waals surface area contributed by atoms with Crippen LogP contribution >= 0.6 is 0 Å². The number of pyridine rings is 1. The summed E-state index contributed by atoms with van der Waals surface area (Å²) in [4.78, 5) is 32.4. The van der Waals surface area contributed by atoms with Gasteiger partial charge in [0.1, 0.15) is 0 Å². The predicted octanol–water partition coefficient (Wildman–Crippen LogP) is 0.730. The maximum atomic E-state index is 12.5. The number of hydrogen-bond donors (Lipinski definition) is 1. The van der Waals surface area contributed by atoms with E-state index in [1.54, 1.807) is 35.3 Å². The molecule has 0 saturated carbocycles. The van der Waals surface area contributed by atoms with E-state index in [0.717, 1.165) is 12.1 Å². The van der Waals surface area contributed by atoms with Gasteiger partial charge in [0.2, 0.25) is 0 Å². The molecule has 0 atom stereocenters. The Bertz CT molecular complexity index is 494. The highest BCUT2D eigenvalue weighted by Gasteiger charge is 2.23. The Morgan fingerprint density at radius 3 is 2.81 bits per heavy atom. The molecule has 114 valence electrons. The number of carbonyl (C=O) groups is 2. The molecule has 1 N–H and O–H groups in total. The van der Waals surface area contributed by atoms with Gasteiger partial charge in [-0.2, -0.15) is 0 Å². The first-order valence-electron chi connectivity index (χ1n) is 6.94. The molecule has 1 saturated heterocycles. The Kier molecular flexibility index (Phi) is 5.10. The molecule has 21 heavy (non-hydrogen) atoms. The van der Waals surface area contributed by atoms with Crippen LogP contribution in [0.5, 0.6) is 0 Å². The molecule has 1 aliphatic heterocycles. The number of carboxylic acids is 1. The standard InChI is InChI=1S/C14H20N4O3/c1-16(12-4-2-5-15-10-12)14(21)18-7-3-6-17(8-9-18)11-13(19)20/h2,4-5,10H,3,6-9,11H2,1H3,(H,19,20). The van der Waals surface area contributed by atoms with Crippen molar-refractivity contribution in [3.63, 3.8) is 0 Å². The van der Waals surface area contributed by atoms with Crippen molar-refractivity contribution in [3.05, 3.63) is 24.5 Å². The van der Waals surface area contributed by atoms with E-state index in [0.29, 0.717) is 26.2 Å². The summed E-state index contributed by atoms with van der Waals surface area (Å²) < 4.78 is 0. The van der Waals surface area contributed by atoms with E-state index in [4.69, 9.17) is 5.11 Å². The molecule has 1 aromatic heterocycles. The Labute approximate surface area is 123 Å². The van der Waals surface area contributed by atoms with Gasteiger partial charge in [0, 0.05) is 39.4 Å². The summed E-state index contributed by atoms with van der Waals surface area (Å²) in [5, 5.41) is 8.83. The second kappa shape index (κ2) is 7.03. The number of urea groups is 1. The molecule has 2 amide bonds. The van der Waals surface area contributed by atoms with Crippen molar-refractivity contribution < 1.29 is 14.7 Å². The molecule has 7 heteroatoms. The normalized spacial score (nSPS) is 16.3.